The van der Waals surface area contributed by atoms with E-state index in [1.165, 1.54) is 0 Å². The van der Waals surface area contributed by atoms with Crippen molar-refractivity contribution < 1.29 is 34.5 Å². The molecule has 0 saturated carbocycles. The number of hydrogen-bond donors (Lipinski definition) is 0. The van der Waals surface area contributed by atoms with Crippen LogP contribution < -0.4 is 0 Å². The van der Waals surface area contributed by atoms with E-state index in [1.54, 1.807) is 0 Å². The Kier molecular flexibility index (Phi) is 3.25. The maximum absolute atomic E-state index is 11.1. The van der Waals surface area contributed by atoms with Gasteiger partial charge < -0.3 is 0 Å². The van der Waals surface area contributed by atoms with Crippen molar-refractivity contribution in [3.63, 3.8) is 0 Å². The minimum atomic E-state index is -3.51. The number of nitro groups is 4. The van der Waals surface area contributed by atoms with E-state index >= 15 is 0 Å². The molecular formula is C4H2N8O11. The molecule has 19 heteroatoms. The summed E-state index contributed by atoms with van der Waals surface area (Å²) in [5.41, 5.74) is 0. The van der Waals surface area contributed by atoms with Gasteiger partial charge in [-0.2, -0.15) is 4.74 Å². The fourth-order valence-electron chi connectivity index (χ4n) is 1.44. The molecule has 0 bridgehead atoms. The van der Waals surface area contributed by atoms with Crippen molar-refractivity contribution in [2.24, 2.45) is 10.3 Å². The van der Waals surface area contributed by atoms with Crippen molar-refractivity contribution in [3.05, 3.63) is 40.5 Å². The fourth-order valence-corrected chi connectivity index (χ4v) is 1.44. The van der Waals surface area contributed by atoms with Crippen molar-refractivity contribution in [3.8, 4) is 0 Å². The Morgan fingerprint density at radius 3 is 1.43 bits per heavy atom. The van der Waals surface area contributed by atoms with Gasteiger partial charge in [0.15, 0.2) is 22.8 Å². The molecule has 0 aliphatic carbocycles. The van der Waals surface area contributed by atoms with E-state index < -0.39 is 42.0 Å². The third-order valence-electron chi connectivity index (χ3n) is 2.36. The van der Waals surface area contributed by atoms with Crippen LogP contribution in [0.4, 0.5) is 0 Å². The van der Waals surface area contributed by atoms with E-state index in [-0.39, 0.29) is 12.4 Å². The van der Waals surface area contributed by atoms with Gasteiger partial charge in [-0.1, -0.05) is 0 Å². The molecule has 0 radical (unpaired) electrons. The summed E-state index contributed by atoms with van der Waals surface area (Å²) in [5.74, 6) is -7.02. The highest BCUT2D eigenvalue weighted by atomic mass is 17.0. The Morgan fingerprint density at radius 1 is 0.826 bits per heavy atom. The summed E-state index contributed by atoms with van der Waals surface area (Å²) in [6.45, 7) is 0. The number of nitrogens with zero attached hydrogens (tertiary/aromatic N) is 8. The van der Waals surface area contributed by atoms with Crippen molar-refractivity contribution in [1.29, 1.82) is 0 Å². The van der Waals surface area contributed by atoms with Crippen LogP contribution in [0.2, 0.25) is 0 Å². The quantitative estimate of drug-likeness (QED) is 0.282. The first kappa shape index (κ1) is 15.5. The first-order chi connectivity index (χ1) is 10.7. The van der Waals surface area contributed by atoms with Crippen LogP contribution in [0.25, 0.3) is 0 Å². The van der Waals surface area contributed by atoms with Crippen molar-refractivity contribution in [2.45, 2.75) is 11.7 Å². The number of rotatable bonds is 6. The fraction of sp³-hybridized carbons (Fsp3) is 0.500. The summed E-state index contributed by atoms with van der Waals surface area (Å²) in [5, 5.41) is 44.8. The Balaban J connectivity index is 2.53. The zero-order valence-electron chi connectivity index (χ0n) is 10.2. The first-order valence-electron chi connectivity index (χ1n) is 4.99. The molecular weight excluding hydrogens is 336 g/mol. The maximum Gasteiger partial charge on any atom is 0.544 e. The third-order valence-corrected chi connectivity index (χ3v) is 2.36. The van der Waals surface area contributed by atoms with E-state index in [2.05, 4.69) is 24.9 Å². The molecule has 0 amide bonds. The number of hydroxylamine groups is 2. The first-order valence-corrected chi connectivity index (χ1v) is 4.99. The molecule has 2 atom stereocenters. The molecule has 2 heterocycles. The minimum Gasteiger partial charge on any atom is -0.259 e. The predicted molar refractivity (Wildman–Crippen MR) is 57.4 cm³/mol. The zero-order valence-corrected chi connectivity index (χ0v) is 10.2. The van der Waals surface area contributed by atoms with Gasteiger partial charge in [0, 0.05) is 0 Å². The van der Waals surface area contributed by atoms with Crippen molar-refractivity contribution >= 4 is 12.4 Å². The second kappa shape index (κ2) is 4.83. The van der Waals surface area contributed by atoms with Crippen LogP contribution >= 0.6 is 0 Å². The van der Waals surface area contributed by atoms with E-state index in [9.17, 15) is 40.5 Å². The summed E-state index contributed by atoms with van der Waals surface area (Å²) >= 11 is 0. The molecule has 124 valence electrons. The van der Waals surface area contributed by atoms with Crippen LogP contribution in [0, 0.1) is 40.5 Å². The summed E-state index contributed by atoms with van der Waals surface area (Å²) in [6, 6.07) is 0. The monoisotopic (exact) mass is 338 g/mol. The average Bonchev–Trinajstić information content (AvgIpc) is 3.04. The van der Waals surface area contributed by atoms with Gasteiger partial charge in [0.25, 0.3) is 0 Å². The van der Waals surface area contributed by atoms with Crippen LogP contribution in [-0.2, 0) is 14.6 Å². The predicted octanol–water partition coefficient (Wildman–Crippen LogP) is -2.29. The lowest BCUT2D eigenvalue weighted by atomic mass is 10.4. The van der Waals surface area contributed by atoms with Gasteiger partial charge in [0.05, 0.1) is 9.85 Å². The van der Waals surface area contributed by atoms with E-state index in [1.807, 2.05) is 0 Å². The van der Waals surface area contributed by atoms with Gasteiger partial charge in [-0.25, -0.2) is 30.1 Å². The van der Waals surface area contributed by atoms with Crippen LogP contribution in [0.5, 0.6) is 0 Å². The molecule has 0 N–H and O–H groups in total. The second-order valence-electron chi connectivity index (χ2n) is 3.59. The third kappa shape index (κ3) is 2.03. The van der Waals surface area contributed by atoms with Gasteiger partial charge in [-0.05, 0) is 10.3 Å². The zero-order chi connectivity index (χ0) is 17.4. The SMILES string of the molecule is O=[N+]([O-])N1ON=CC1(OC1([N+](=O)[O-])C=NON1[N+](=O)[O-])[N+](=O)[O-]. The molecule has 0 saturated heterocycles. The van der Waals surface area contributed by atoms with Gasteiger partial charge in [0.1, 0.15) is 0 Å². The summed E-state index contributed by atoms with van der Waals surface area (Å²) < 4.78 is 4.44. The lowest BCUT2D eigenvalue weighted by Gasteiger charge is -2.23. The number of hydrazine groups is 2. The molecule has 0 fully saturated rings. The maximum atomic E-state index is 11.1. The molecule has 0 spiro atoms. The molecule has 2 aliphatic rings. The topological polar surface area (TPSA) is 231 Å². The second-order valence-corrected chi connectivity index (χ2v) is 3.59. The minimum absolute atomic E-state index is 0.0747. The highest BCUT2D eigenvalue weighted by Crippen LogP contribution is 2.32. The summed E-state index contributed by atoms with van der Waals surface area (Å²) in [7, 11) is 0. The summed E-state index contributed by atoms with van der Waals surface area (Å²) in [6.07, 6.45) is 0.149. The van der Waals surface area contributed by atoms with Crippen molar-refractivity contribution in [1.82, 2.24) is 10.3 Å². The normalized spacial score (nSPS) is 28.3. The van der Waals surface area contributed by atoms with Crippen molar-refractivity contribution in [2.75, 3.05) is 0 Å². The van der Waals surface area contributed by atoms with Gasteiger partial charge >= 0.3 is 11.7 Å². The molecule has 23 heavy (non-hydrogen) atoms. The van der Waals surface area contributed by atoms with Crippen LogP contribution in [0.15, 0.2) is 10.3 Å². The molecule has 2 unspecified atom stereocenters. The van der Waals surface area contributed by atoms with Crippen LogP contribution in [0.1, 0.15) is 0 Å². The van der Waals surface area contributed by atoms with Crippen LogP contribution in [0.3, 0.4) is 0 Å². The van der Waals surface area contributed by atoms with E-state index in [4.69, 9.17) is 0 Å². The summed E-state index contributed by atoms with van der Waals surface area (Å²) in [4.78, 5) is 48.6. The highest BCUT2D eigenvalue weighted by molar-refractivity contribution is 5.69. The number of oxime groups is 2. The number of ether oxygens (including phenoxy) is 1. The standard InChI is InChI=1S/C4H2N8O11/c13-9(14)3(1-5-22-7(3)11(17)18)21-4(10(15)16)2-6-23-8(4)12(19)20/h1-2H. The molecule has 2 rings (SSSR count). The van der Waals surface area contributed by atoms with Gasteiger partial charge in [0.2, 0.25) is 10.1 Å². The molecule has 19 nitrogen and oxygen atoms in total. The molecule has 0 aromatic rings. The molecule has 0 aromatic carbocycles. The Hall–Kier alpha value is -3.90. The smallest absolute Gasteiger partial charge is 0.259 e. The highest BCUT2D eigenvalue weighted by Gasteiger charge is 2.77. The van der Waals surface area contributed by atoms with Gasteiger partial charge in [-0.3, -0.25) is 20.2 Å². The lowest BCUT2D eigenvalue weighted by molar-refractivity contribution is -0.877. The largest absolute Gasteiger partial charge is 0.544 e. The number of hydrogen-bond acceptors (Lipinski definition) is 13. The molecule has 2 aliphatic heterocycles. The van der Waals surface area contributed by atoms with Gasteiger partial charge in [-0.15, -0.1) is 0 Å². The Labute approximate surface area is 121 Å². The Bertz CT molecular complexity index is 592. The van der Waals surface area contributed by atoms with E-state index in [0.717, 1.165) is 0 Å². The van der Waals surface area contributed by atoms with E-state index in [0.29, 0.717) is 0 Å². The molecule has 0 aromatic heterocycles. The average molecular weight is 338 g/mol. The van der Waals surface area contributed by atoms with Crippen LogP contribution in [-0.4, -0.2) is 54.4 Å². The Morgan fingerprint density at radius 2 is 1.17 bits per heavy atom. The lowest BCUT2D eigenvalue weighted by Crippen LogP contribution is -2.67.